The molecule has 6 heteroatoms. The zero-order chi connectivity index (χ0) is 23.8. The van der Waals surface area contributed by atoms with E-state index in [1.54, 1.807) is 0 Å². The summed E-state index contributed by atoms with van der Waals surface area (Å²) < 4.78 is 5.83. The quantitative estimate of drug-likeness (QED) is 0.488. The first kappa shape index (κ1) is 24.3. The number of para-hydroxylation sites is 1. The highest BCUT2D eigenvalue weighted by atomic mass is 35.5. The third-order valence-corrected chi connectivity index (χ3v) is 6.70. The average molecular weight is 478 g/mol. The molecule has 1 aliphatic rings. The zero-order valence-electron chi connectivity index (χ0n) is 19.6. The topological polar surface area (TPSA) is 44.8 Å². The van der Waals surface area contributed by atoms with Crippen LogP contribution in [0.3, 0.4) is 0 Å². The van der Waals surface area contributed by atoms with E-state index in [0.717, 1.165) is 49.6 Å². The normalized spacial score (nSPS) is 15.7. The number of hydrogen-bond donors (Lipinski definition) is 1. The summed E-state index contributed by atoms with van der Waals surface area (Å²) in [5, 5.41) is 3.92. The molecule has 0 unspecified atom stereocenters. The molecule has 1 saturated heterocycles. The van der Waals surface area contributed by atoms with Crippen LogP contribution in [0.5, 0.6) is 5.75 Å². The number of halogens is 1. The second kappa shape index (κ2) is 12.0. The van der Waals surface area contributed by atoms with Crippen LogP contribution in [0, 0.1) is 0 Å². The van der Waals surface area contributed by atoms with Gasteiger partial charge in [-0.3, -0.25) is 14.6 Å². The molecule has 0 spiro atoms. The third kappa shape index (κ3) is 6.38. The number of nitrogens with zero attached hydrogens (tertiary/aromatic N) is 2. The van der Waals surface area contributed by atoms with Crippen molar-refractivity contribution in [3.8, 4) is 5.75 Å². The smallest absolute Gasteiger partial charge is 0.237 e. The lowest BCUT2D eigenvalue weighted by molar-refractivity contribution is -0.127. The van der Waals surface area contributed by atoms with E-state index in [1.165, 1.54) is 0 Å². The van der Waals surface area contributed by atoms with Crippen molar-refractivity contribution in [2.75, 3.05) is 39.3 Å². The Labute approximate surface area is 207 Å². The molecule has 3 aromatic rings. The number of piperazine rings is 1. The van der Waals surface area contributed by atoms with Crippen LogP contribution in [0.4, 0.5) is 0 Å². The van der Waals surface area contributed by atoms with E-state index < -0.39 is 0 Å². The van der Waals surface area contributed by atoms with Crippen molar-refractivity contribution in [1.29, 1.82) is 0 Å². The summed E-state index contributed by atoms with van der Waals surface area (Å²) in [5.41, 5.74) is 2.16. The first-order valence-electron chi connectivity index (χ1n) is 11.9. The molecule has 0 aliphatic carbocycles. The lowest BCUT2D eigenvalue weighted by Crippen LogP contribution is -2.54. The van der Waals surface area contributed by atoms with Crippen LogP contribution in [0.15, 0.2) is 84.9 Å². The fraction of sp³-hybridized carbons (Fsp3) is 0.321. The van der Waals surface area contributed by atoms with Gasteiger partial charge in [-0.25, -0.2) is 0 Å². The molecule has 1 fully saturated rings. The minimum absolute atomic E-state index is 0.0493. The van der Waals surface area contributed by atoms with E-state index in [1.807, 2.05) is 67.6 Å². The van der Waals surface area contributed by atoms with Crippen LogP contribution < -0.4 is 10.1 Å². The third-order valence-electron chi connectivity index (χ3n) is 6.39. The van der Waals surface area contributed by atoms with Crippen molar-refractivity contribution in [2.24, 2.45) is 0 Å². The lowest BCUT2D eigenvalue weighted by atomic mass is 9.98. The van der Waals surface area contributed by atoms with Crippen molar-refractivity contribution in [3.05, 3.63) is 101 Å². The molecule has 1 amide bonds. The Morgan fingerprint density at radius 2 is 1.44 bits per heavy atom. The zero-order valence-corrected chi connectivity index (χ0v) is 20.3. The highest BCUT2D eigenvalue weighted by Gasteiger charge is 2.27. The Bertz CT molecular complexity index is 1000. The van der Waals surface area contributed by atoms with E-state index in [0.29, 0.717) is 11.6 Å². The predicted octanol–water partition coefficient (Wildman–Crippen LogP) is 4.63. The van der Waals surface area contributed by atoms with Gasteiger partial charge in [-0.2, -0.15) is 0 Å². The molecule has 0 radical (unpaired) electrons. The van der Waals surface area contributed by atoms with Gasteiger partial charge < -0.3 is 10.1 Å². The Morgan fingerprint density at radius 3 is 2.03 bits per heavy atom. The first-order valence-corrected chi connectivity index (χ1v) is 12.2. The predicted molar refractivity (Wildman–Crippen MR) is 137 cm³/mol. The van der Waals surface area contributed by atoms with Gasteiger partial charge >= 0.3 is 0 Å². The molecule has 4 rings (SSSR count). The summed E-state index contributed by atoms with van der Waals surface area (Å²) in [6.45, 7) is 6.94. The van der Waals surface area contributed by atoms with Gasteiger partial charge in [0.2, 0.25) is 5.91 Å². The molecule has 5 nitrogen and oxygen atoms in total. The van der Waals surface area contributed by atoms with Gasteiger partial charge in [0.05, 0.1) is 17.1 Å². The van der Waals surface area contributed by atoms with E-state index in [9.17, 15) is 4.79 Å². The Balaban J connectivity index is 1.28. The van der Waals surface area contributed by atoms with Crippen LogP contribution in [-0.4, -0.2) is 61.1 Å². The van der Waals surface area contributed by atoms with Gasteiger partial charge in [-0.1, -0.05) is 84.4 Å². The summed E-state index contributed by atoms with van der Waals surface area (Å²) in [4.78, 5) is 17.9. The largest absolute Gasteiger partial charge is 0.491 e. The maximum absolute atomic E-state index is 13.2. The monoisotopic (exact) mass is 477 g/mol. The average Bonchev–Trinajstić information content (AvgIpc) is 2.89. The molecule has 0 bridgehead atoms. The standard InChI is InChI=1S/C28H32ClN3O2/c1-22(28(33)30-27(23-10-4-2-5-11-23)24-12-6-3-7-13-24)32-18-16-31(17-19-32)20-21-34-26-15-9-8-14-25(26)29/h2-15,22,27H,16-21H2,1H3,(H,30,33)/t22-/m1/s1. The molecule has 1 N–H and O–H groups in total. The summed E-state index contributed by atoms with van der Waals surface area (Å²) in [5.74, 6) is 0.771. The number of carbonyl (C=O) groups is 1. The Kier molecular flexibility index (Phi) is 8.58. The van der Waals surface area contributed by atoms with Gasteiger partial charge in [-0.05, 0) is 30.2 Å². The molecule has 0 aromatic heterocycles. The lowest BCUT2D eigenvalue weighted by Gasteiger charge is -2.37. The van der Waals surface area contributed by atoms with Gasteiger partial charge in [0.15, 0.2) is 0 Å². The maximum atomic E-state index is 13.2. The first-order chi connectivity index (χ1) is 16.6. The second-order valence-corrected chi connectivity index (χ2v) is 9.00. The Morgan fingerprint density at radius 1 is 0.882 bits per heavy atom. The summed E-state index contributed by atoms with van der Waals surface area (Å²) >= 11 is 6.16. The van der Waals surface area contributed by atoms with Crippen molar-refractivity contribution in [3.63, 3.8) is 0 Å². The van der Waals surface area contributed by atoms with Crippen LogP contribution in [0.1, 0.15) is 24.1 Å². The van der Waals surface area contributed by atoms with Crippen molar-refractivity contribution in [1.82, 2.24) is 15.1 Å². The fourth-order valence-corrected chi connectivity index (χ4v) is 4.49. The van der Waals surface area contributed by atoms with Gasteiger partial charge in [-0.15, -0.1) is 0 Å². The fourth-order valence-electron chi connectivity index (χ4n) is 4.30. The van der Waals surface area contributed by atoms with Gasteiger partial charge in [0, 0.05) is 32.7 Å². The van der Waals surface area contributed by atoms with Crippen LogP contribution in [0.2, 0.25) is 5.02 Å². The highest BCUT2D eigenvalue weighted by molar-refractivity contribution is 6.32. The number of benzene rings is 3. The van der Waals surface area contributed by atoms with Crippen molar-refractivity contribution < 1.29 is 9.53 Å². The second-order valence-electron chi connectivity index (χ2n) is 8.60. The molecule has 1 heterocycles. The van der Waals surface area contributed by atoms with Crippen LogP contribution in [-0.2, 0) is 4.79 Å². The molecular weight excluding hydrogens is 446 g/mol. The highest BCUT2D eigenvalue weighted by Crippen LogP contribution is 2.24. The van der Waals surface area contributed by atoms with E-state index in [-0.39, 0.29) is 18.0 Å². The number of carbonyl (C=O) groups excluding carboxylic acids is 1. The van der Waals surface area contributed by atoms with E-state index in [2.05, 4.69) is 39.4 Å². The summed E-state index contributed by atoms with van der Waals surface area (Å²) in [6, 6.07) is 27.5. The number of nitrogens with one attached hydrogen (secondary N) is 1. The molecule has 0 saturated carbocycles. The van der Waals surface area contributed by atoms with Gasteiger partial charge in [0.25, 0.3) is 0 Å². The summed E-state index contributed by atoms with van der Waals surface area (Å²) in [6.07, 6.45) is 0. The molecule has 3 aromatic carbocycles. The minimum atomic E-state index is -0.198. The molecule has 178 valence electrons. The minimum Gasteiger partial charge on any atom is -0.491 e. The van der Waals surface area contributed by atoms with Crippen LogP contribution in [0.25, 0.3) is 0 Å². The summed E-state index contributed by atoms with van der Waals surface area (Å²) in [7, 11) is 0. The van der Waals surface area contributed by atoms with Gasteiger partial charge in [0.1, 0.15) is 12.4 Å². The molecule has 34 heavy (non-hydrogen) atoms. The van der Waals surface area contributed by atoms with Crippen LogP contribution >= 0.6 is 11.6 Å². The maximum Gasteiger partial charge on any atom is 0.237 e. The Hall–Kier alpha value is -2.86. The van der Waals surface area contributed by atoms with Crippen molar-refractivity contribution in [2.45, 2.75) is 19.0 Å². The number of ether oxygens (including phenoxy) is 1. The van der Waals surface area contributed by atoms with E-state index >= 15 is 0 Å². The number of rotatable bonds is 9. The van der Waals surface area contributed by atoms with Crippen molar-refractivity contribution >= 4 is 17.5 Å². The van der Waals surface area contributed by atoms with E-state index in [4.69, 9.17) is 16.3 Å². The molecular formula is C28H32ClN3O2. The molecule has 1 aliphatic heterocycles. The SMILES string of the molecule is C[C@H](C(=O)NC(c1ccccc1)c1ccccc1)N1CCN(CCOc2ccccc2Cl)CC1. The molecule has 1 atom stereocenters. The number of amides is 1. The number of hydrogen-bond acceptors (Lipinski definition) is 4.